The van der Waals surface area contributed by atoms with Gasteiger partial charge in [-0.15, -0.1) is 0 Å². The first-order valence-electron chi connectivity index (χ1n) is 6.77. The van der Waals surface area contributed by atoms with Crippen molar-refractivity contribution in [3.8, 4) is 5.75 Å². The van der Waals surface area contributed by atoms with Gasteiger partial charge < -0.3 is 10.1 Å². The fourth-order valence-electron chi connectivity index (χ4n) is 2.62. The summed E-state index contributed by atoms with van der Waals surface area (Å²) in [4.78, 5) is 0. The Morgan fingerprint density at radius 1 is 1.32 bits per heavy atom. The first kappa shape index (κ1) is 12.1. The van der Waals surface area contributed by atoms with Crippen LogP contribution in [-0.4, -0.2) is 23.4 Å². The van der Waals surface area contributed by atoms with E-state index in [0.29, 0.717) is 0 Å². The lowest BCUT2D eigenvalue weighted by molar-refractivity contribution is 0.414. The molecule has 0 bridgehead atoms. The first-order valence-corrected chi connectivity index (χ1v) is 6.77. The van der Waals surface area contributed by atoms with Gasteiger partial charge >= 0.3 is 0 Å². The molecule has 0 spiro atoms. The van der Waals surface area contributed by atoms with Crippen molar-refractivity contribution in [2.24, 2.45) is 0 Å². The highest BCUT2D eigenvalue weighted by atomic mass is 16.5. The molecule has 0 unspecified atom stereocenters. The lowest BCUT2D eigenvalue weighted by atomic mass is 10.1. The van der Waals surface area contributed by atoms with E-state index in [1.807, 2.05) is 12.1 Å². The minimum atomic E-state index is 0.890. The van der Waals surface area contributed by atoms with Gasteiger partial charge in [0, 0.05) is 25.1 Å². The maximum Gasteiger partial charge on any atom is 0.127 e. The second-order valence-corrected chi connectivity index (χ2v) is 4.79. The highest BCUT2D eigenvalue weighted by Gasteiger charge is 2.21. The van der Waals surface area contributed by atoms with Gasteiger partial charge in [0.15, 0.2) is 0 Å². The maximum absolute atomic E-state index is 5.19. The lowest BCUT2D eigenvalue weighted by Gasteiger charge is -2.03. The van der Waals surface area contributed by atoms with Crippen molar-refractivity contribution in [2.75, 3.05) is 19.0 Å². The van der Waals surface area contributed by atoms with Gasteiger partial charge in [0.2, 0.25) is 0 Å². The van der Waals surface area contributed by atoms with Crippen molar-refractivity contribution in [1.82, 2.24) is 9.78 Å². The van der Waals surface area contributed by atoms with E-state index in [-0.39, 0.29) is 0 Å². The quantitative estimate of drug-likeness (QED) is 0.914. The van der Waals surface area contributed by atoms with Crippen molar-refractivity contribution in [1.29, 1.82) is 0 Å². The predicted molar refractivity (Wildman–Crippen MR) is 75.9 cm³/mol. The maximum atomic E-state index is 5.19. The van der Waals surface area contributed by atoms with Gasteiger partial charge in [0.25, 0.3) is 0 Å². The van der Waals surface area contributed by atoms with Crippen molar-refractivity contribution < 1.29 is 4.74 Å². The van der Waals surface area contributed by atoms with Gasteiger partial charge in [-0.25, -0.2) is 4.68 Å². The van der Waals surface area contributed by atoms with Gasteiger partial charge in [-0.05, 0) is 31.0 Å². The number of fused-ring (bicyclic) bond motifs is 1. The highest BCUT2D eigenvalue weighted by molar-refractivity contribution is 5.53. The molecule has 1 aromatic heterocycles. The number of anilines is 1. The molecule has 1 aliphatic heterocycles. The van der Waals surface area contributed by atoms with Crippen LogP contribution in [0.4, 0.5) is 5.82 Å². The van der Waals surface area contributed by atoms with Crippen LogP contribution in [0.1, 0.15) is 23.7 Å². The molecule has 100 valence electrons. The number of aromatic nitrogens is 2. The number of ether oxygens (including phenoxy) is 1. The Morgan fingerprint density at radius 3 is 2.79 bits per heavy atom. The molecule has 2 aromatic rings. The number of hydrogen-bond acceptors (Lipinski definition) is 3. The van der Waals surface area contributed by atoms with Crippen molar-refractivity contribution >= 4 is 5.82 Å². The Labute approximate surface area is 113 Å². The van der Waals surface area contributed by atoms with Crippen molar-refractivity contribution in [2.45, 2.75) is 26.3 Å². The first-order chi connectivity index (χ1) is 9.31. The molecule has 0 fully saturated rings. The monoisotopic (exact) mass is 257 g/mol. The third-order valence-corrected chi connectivity index (χ3v) is 3.63. The van der Waals surface area contributed by atoms with E-state index in [2.05, 4.69) is 29.1 Å². The molecule has 1 N–H and O–H groups in total. The minimum Gasteiger partial charge on any atom is -0.497 e. The standard InChI is InChI=1S/C15H19N3O/c1-3-18-15-13(8-9-16-15)14(17-18)10-11-4-6-12(19-2)7-5-11/h4-7,16H,3,8-10H2,1-2H3. The molecule has 0 saturated carbocycles. The number of rotatable bonds is 4. The zero-order valence-electron chi connectivity index (χ0n) is 11.4. The SMILES string of the molecule is CCn1nc(Cc2ccc(OC)cc2)c2c1NCC2. The number of aryl methyl sites for hydroxylation is 1. The van der Waals surface area contributed by atoms with E-state index >= 15 is 0 Å². The Kier molecular flexibility index (Phi) is 3.15. The smallest absolute Gasteiger partial charge is 0.127 e. The minimum absolute atomic E-state index is 0.890. The molecule has 4 nitrogen and oxygen atoms in total. The van der Waals surface area contributed by atoms with Crippen LogP contribution >= 0.6 is 0 Å². The van der Waals surface area contributed by atoms with Gasteiger partial charge in [0.05, 0.1) is 12.8 Å². The van der Waals surface area contributed by atoms with Crippen LogP contribution < -0.4 is 10.1 Å². The molecule has 1 aliphatic rings. The molecule has 0 radical (unpaired) electrons. The molecule has 0 amide bonds. The summed E-state index contributed by atoms with van der Waals surface area (Å²) in [5, 5.41) is 8.14. The molecule has 0 saturated heterocycles. The highest BCUT2D eigenvalue weighted by Crippen LogP contribution is 2.27. The Balaban J connectivity index is 1.86. The summed E-state index contributed by atoms with van der Waals surface area (Å²) in [6, 6.07) is 8.23. The van der Waals surface area contributed by atoms with Crippen LogP contribution in [-0.2, 0) is 19.4 Å². The van der Waals surface area contributed by atoms with E-state index in [9.17, 15) is 0 Å². The lowest BCUT2D eigenvalue weighted by Crippen LogP contribution is -2.05. The number of nitrogens with one attached hydrogen (secondary N) is 1. The molecular formula is C15H19N3O. The average Bonchev–Trinajstić information content (AvgIpc) is 3.03. The second kappa shape index (κ2) is 4.96. The second-order valence-electron chi connectivity index (χ2n) is 4.79. The van der Waals surface area contributed by atoms with Crippen LogP contribution in [0.3, 0.4) is 0 Å². The molecule has 2 heterocycles. The summed E-state index contributed by atoms with van der Waals surface area (Å²) in [5.74, 6) is 2.11. The summed E-state index contributed by atoms with van der Waals surface area (Å²) in [6.07, 6.45) is 1.97. The third-order valence-electron chi connectivity index (χ3n) is 3.63. The van der Waals surface area contributed by atoms with Crippen LogP contribution in [0, 0.1) is 0 Å². The Hall–Kier alpha value is -1.97. The van der Waals surface area contributed by atoms with E-state index in [1.54, 1.807) is 7.11 Å². The largest absolute Gasteiger partial charge is 0.497 e. The van der Waals surface area contributed by atoms with Gasteiger partial charge in [-0.2, -0.15) is 5.10 Å². The van der Waals surface area contributed by atoms with E-state index in [4.69, 9.17) is 9.84 Å². The van der Waals surface area contributed by atoms with Gasteiger partial charge in [0.1, 0.15) is 11.6 Å². The number of nitrogens with zero attached hydrogens (tertiary/aromatic N) is 2. The molecule has 0 atom stereocenters. The van der Waals surface area contributed by atoms with E-state index < -0.39 is 0 Å². The summed E-state index contributed by atoms with van der Waals surface area (Å²) in [5.41, 5.74) is 3.86. The predicted octanol–water partition coefficient (Wildman–Crippen LogP) is 2.47. The summed E-state index contributed by atoms with van der Waals surface area (Å²) >= 11 is 0. The van der Waals surface area contributed by atoms with Crippen LogP contribution in [0.2, 0.25) is 0 Å². The van der Waals surface area contributed by atoms with E-state index in [1.165, 1.54) is 22.6 Å². The average molecular weight is 257 g/mol. The molecule has 1 aromatic carbocycles. The molecule has 19 heavy (non-hydrogen) atoms. The Morgan fingerprint density at radius 2 is 2.11 bits per heavy atom. The van der Waals surface area contributed by atoms with Gasteiger partial charge in [-0.1, -0.05) is 12.1 Å². The molecular weight excluding hydrogens is 238 g/mol. The summed E-state index contributed by atoms with van der Waals surface area (Å²) < 4.78 is 7.26. The zero-order chi connectivity index (χ0) is 13.2. The van der Waals surface area contributed by atoms with Crippen LogP contribution in [0.25, 0.3) is 0 Å². The topological polar surface area (TPSA) is 39.1 Å². The van der Waals surface area contributed by atoms with Gasteiger partial charge in [-0.3, -0.25) is 0 Å². The van der Waals surface area contributed by atoms with Crippen LogP contribution in [0.15, 0.2) is 24.3 Å². The normalized spacial score (nSPS) is 13.2. The third kappa shape index (κ3) is 2.18. The Bertz CT molecular complexity index is 572. The summed E-state index contributed by atoms with van der Waals surface area (Å²) in [7, 11) is 1.69. The molecule has 4 heteroatoms. The molecule has 0 aliphatic carbocycles. The molecule has 3 rings (SSSR count). The zero-order valence-corrected chi connectivity index (χ0v) is 11.4. The number of benzene rings is 1. The fraction of sp³-hybridized carbons (Fsp3) is 0.400. The van der Waals surface area contributed by atoms with Crippen molar-refractivity contribution in [3.63, 3.8) is 0 Å². The summed E-state index contributed by atoms with van der Waals surface area (Å²) in [6.45, 7) is 4.07. The number of hydrogen-bond donors (Lipinski definition) is 1. The fourth-order valence-corrected chi connectivity index (χ4v) is 2.62. The van der Waals surface area contributed by atoms with E-state index in [0.717, 1.165) is 31.7 Å². The van der Waals surface area contributed by atoms with Crippen LogP contribution in [0.5, 0.6) is 5.75 Å². The number of methoxy groups -OCH3 is 1. The van der Waals surface area contributed by atoms with Crippen molar-refractivity contribution in [3.05, 3.63) is 41.1 Å².